The van der Waals surface area contributed by atoms with Gasteiger partial charge in [-0.1, -0.05) is 50.3 Å². The van der Waals surface area contributed by atoms with Gasteiger partial charge in [-0.3, -0.25) is 0 Å². The number of hydrogen-bond donors (Lipinski definition) is 1. The number of rotatable bonds is 6. The third-order valence-electron chi connectivity index (χ3n) is 5.81. The Morgan fingerprint density at radius 1 is 1.31 bits per heavy atom. The van der Waals surface area contributed by atoms with Gasteiger partial charge in [0, 0.05) is 18.8 Å². The van der Waals surface area contributed by atoms with E-state index in [1.165, 1.54) is 44.1 Å². The topological polar surface area (TPSA) is 83.2 Å². The maximum atomic E-state index is 8.85. The minimum Gasteiger partial charge on any atom is -0.736 e. The summed E-state index contributed by atoms with van der Waals surface area (Å²) in [4.78, 5) is 0. The van der Waals surface area contributed by atoms with Gasteiger partial charge < -0.3 is 9.04 Å². The summed E-state index contributed by atoms with van der Waals surface area (Å²) < 4.78 is 27.6. The molecule has 1 saturated carbocycles. The molecule has 2 atom stereocenters. The highest BCUT2D eigenvalue weighted by Crippen LogP contribution is 2.45. The largest absolute Gasteiger partial charge is 0.736 e. The number of likely N-dealkylation sites (N-methyl/N-ethyl adjacent to an activating group) is 1. The van der Waals surface area contributed by atoms with Crippen molar-refractivity contribution in [3.05, 3.63) is 48.6 Å². The number of nitrogens with two attached hydrogens (primary N) is 1. The normalized spacial score (nSPS) is 23.7. The molecular weight excluding hydrogens is 348 g/mol. The first-order valence-electron chi connectivity index (χ1n) is 9.27. The van der Waals surface area contributed by atoms with Crippen molar-refractivity contribution in [1.82, 2.24) is 0 Å². The maximum absolute atomic E-state index is 8.85. The zero-order valence-electron chi connectivity index (χ0n) is 16.4. The summed E-state index contributed by atoms with van der Waals surface area (Å²) in [6.07, 6.45) is 10.1. The molecule has 2 rings (SSSR count). The smallest absolute Gasteiger partial charge is 0.156 e. The first kappa shape index (κ1) is 22.8. The Balaban J connectivity index is 0.000000597. The lowest BCUT2D eigenvalue weighted by Gasteiger charge is -2.55. The van der Waals surface area contributed by atoms with Gasteiger partial charge in [0.05, 0.1) is 20.6 Å². The van der Waals surface area contributed by atoms with Crippen molar-refractivity contribution in [2.24, 2.45) is 11.1 Å². The van der Waals surface area contributed by atoms with Gasteiger partial charge in [-0.25, -0.2) is 13.6 Å². The quantitative estimate of drug-likeness (QED) is 0.466. The molecule has 0 heterocycles. The molecule has 0 amide bonds. The first-order valence-corrected chi connectivity index (χ1v) is 10.7. The Morgan fingerprint density at radius 3 is 2.38 bits per heavy atom. The Morgan fingerprint density at radius 2 is 1.88 bits per heavy atom. The van der Waals surface area contributed by atoms with Crippen LogP contribution < -0.4 is 5.14 Å². The molecule has 1 aromatic rings. The highest BCUT2D eigenvalue weighted by atomic mass is 32.2. The molecule has 0 aromatic heterocycles. The van der Waals surface area contributed by atoms with Crippen LogP contribution in [0, 0.1) is 5.92 Å². The fourth-order valence-corrected chi connectivity index (χ4v) is 4.58. The van der Waals surface area contributed by atoms with Gasteiger partial charge in [-0.2, -0.15) is 0 Å². The van der Waals surface area contributed by atoms with Crippen molar-refractivity contribution < 1.29 is 17.5 Å². The monoisotopic (exact) mass is 382 g/mol. The molecule has 1 aromatic carbocycles. The Kier molecular flexibility index (Phi) is 8.47. The summed E-state index contributed by atoms with van der Waals surface area (Å²) in [5.74, 6) is 0.821. The van der Waals surface area contributed by atoms with Crippen LogP contribution in [0.2, 0.25) is 0 Å². The molecule has 148 valence electrons. The van der Waals surface area contributed by atoms with Crippen molar-refractivity contribution >= 4 is 10.3 Å². The summed E-state index contributed by atoms with van der Waals surface area (Å²) in [5.41, 5.74) is 1.86. The third-order valence-corrected chi connectivity index (χ3v) is 5.81. The van der Waals surface area contributed by atoms with E-state index >= 15 is 0 Å². The minimum atomic E-state index is -4.42. The molecule has 0 spiro atoms. The van der Waals surface area contributed by atoms with Crippen molar-refractivity contribution in [3.63, 3.8) is 0 Å². The standard InChI is InChI=1S/C20H32N.H3NO3S/c1-5-16-21(3,4)20(15-11-10-14-19(20)6-2)17-18-12-8-7-9-13-18;1-5(2,3)4/h5,7-9,12-13,19H,1,6,10-11,14-17H2,2-4H3;(H3,1,2,3,4)/q+1;/p-1. The van der Waals surface area contributed by atoms with Crippen LogP contribution in [0.1, 0.15) is 44.6 Å². The Bertz CT molecular complexity index is 651. The molecule has 0 saturated heterocycles. The fourth-order valence-electron chi connectivity index (χ4n) is 4.58. The third kappa shape index (κ3) is 6.50. The van der Waals surface area contributed by atoms with E-state index in [2.05, 4.69) is 69.1 Å². The van der Waals surface area contributed by atoms with Gasteiger partial charge in [0.25, 0.3) is 0 Å². The maximum Gasteiger partial charge on any atom is 0.156 e. The second kappa shape index (κ2) is 9.65. The van der Waals surface area contributed by atoms with E-state index in [0.717, 1.165) is 16.9 Å². The second-order valence-corrected chi connectivity index (χ2v) is 8.75. The van der Waals surface area contributed by atoms with Crippen LogP contribution in [0.5, 0.6) is 0 Å². The van der Waals surface area contributed by atoms with Crippen molar-refractivity contribution in [2.45, 2.75) is 51.0 Å². The van der Waals surface area contributed by atoms with Crippen LogP contribution in [-0.4, -0.2) is 43.6 Å². The molecule has 0 aliphatic heterocycles. The van der Waals surface area contributed by atoms with E-state index in [-0.39, 0.29) is 0 Å². The number of benzene rings is 1. The Hall–Kier alpha value is -1.21. The van der Waals surface area contributed by atoms with E-state index in [4.69, 9.17) is 13.0 Å². The van der Waals surface area contributed by atoms with Crippen LogP contribution in [0.3, 0.4) is 0 Å². The van der Waals surface area contributed by atoms with Crippen molar-refractivity contribution in [2.75, 3.05) is 20.6 Å². The first-order chi connectivity index (χ1) is 12.1. The lowest BCUT2D eigenvalue weighted by molar-refractivity contribution is -0.943. The van der Waals surface area contributed by atoms with Gasteiger partial charge in [0.15, 0.2) is 10.3 Å². The molecule has 1 aliphatic rings. The fraction of sp³-hybridized carbons (Fsp3) is 0.600. The average molecular weight is 383 g/mol. The molecule has 1 fully saturated rings. The van der Waals surface area contributed by atoms with Crippen LogP contribution in [0.25, 0.3) is 0 Å². The van der Waals surface area contributed by atoms with Crippen LogP contribution in [0.4, 0.5) is 0 Å². The molecular formula is C20H34N2O3S. The SMILES string of the molecule is C=CC[N+](C)(C)C1(Cc2ccccc2)CCCCC1CC.NS(=O)(=O)[O-]. The molecule has 0 bridgehead atoms. The molecule has 5 nitrogen and oxygen atoms in total. The summed E-state index contributed by atoms with van der Waals surface area (Å²) >= 11 is 0. The molecule has 2 N–H and O–H groups in total. The molecule has 26 heavy (non-hydrogen) atoms. The lowest BCUT2D eigenvalue weighted by atomic mass is 9.66. The lowest BCUT2D eigenvalue weighted by Crippen LogP contribution is -2.65. The molecule has 0 radical (unpaired) electrons. The highest BCUT2D eigenvalue weighted by molar-refractivity contribution is 7.83. The predicted molar refractivity (Wildman–Crippen MR) is 106 cm³/mol. The van der Waals surface area contributed by atoms with Gasteiger partial charge in [0.1, 0.15) is 5.54 Å². The summed E-state index contributed by atoms with van der Waals surface area (Å²) in [6.45, 7) is 7.45. The van der Waals surface area contributed by atoms with Crippen molar-refractivity contribution in [3.8, 4) is 0 Å². The zero-order valence-corrected chi connectivity index (χ0v) is 17.2. The van der Waals surface area contributed by atoms with Gasteiger partial charge in [-0.05, 0) is 30.9 Å². The van der Waals surface area contributed by atoms with Crippen LogP contribution in [0.15, 0.2) is 43.0 Å². The number of hydrogen-bond acceptors (Lipinski definition) is 3. The molecule has 2 unspecified atom stereocenters. The van der Waals surface area contributed by atoms with Crippen LogP contribution in [-0.2, 0) is 16.7 Å². The van der Waals surface area contributed by atoms with E-state index < -0.39 is 10.3 Å². The van der Waals surface area contributed by atoms with Crippen LogP contribution >= 0.6 is 0 Å². The van der Waals surface area contributed by atoms with E-state index in [0.29, 0.717) is 5.54 Å². The van der Waals surface area contributed by atoms with Gasteiger partial charge in [0.2, 0.25) is 0 Å². The predicted octanol–water partition coefficient (Wildman–Crippen LogP) is 3.24. The minimum absolute atomic E-state index is 0.364. The van der Waals surface area contributed by atoms with Gasteiger partial charge in [-0.15, -0.1) is 0 Å². The zero-order chi connectivity index (χ0) is 19.8. The van der Waals surface area contributed by atoms with E-state index in [9.17, 15) is 0 Å². The number of nitrogens with zero attached hydrogens (tertiary/aromatic N) is 1. The highest BCUT2D eigenvalue weighted by Gasteiger charge is 2.51. The molecule has 6 heteroatoms. The van der Waals surface area contributed by atoms with E-state index in [1.807, 2.05) is 0 Å². The van der Waals surface area contributed by atoms with Gasteiger partial charge >= 0.3 is 0 Å². The summed E-state index contributed by atoms with van der Waals surface area (Å²) in [5, 5.41) is 3.77. The summed E-state index contributed by atoms with van der Waals surface area (Å²) in [6, 6.07) is 11.1. The summed E-state index contributed by atoms with van der Waals surface area (Å²) in [7, 11) is 0.414. The Labute approximate surface area is 159 Å². The molecule has 1 aliphatic carbocycles. The van der Waals surface area contributed by atoms with E-state index in [1.54, 1.807) is 0 Å². The average Bonchev–Trinajstić information content (AvgIpc) is 2.54. The second-order valence-electron chi connectivity index (χ2n) is 7.77. The van der Waals surface area contributed by atoms with Crippen molar-refractivity contribution in [1.29, 1.82) is 0 Å². The number of quaternary nitrogens is 1.